The van der Waals surface area contributed by atoms with Crippen molar-refractivity contribution in [3.8, 4) is 11.1 Å². The van der Waals surface area contributed by atoms with E-state index in [0.29, 0.717) is 25.4 Å². The molecule has 9 heteroatoms. The number of piperidine rings is 1. The number of thiophene rings is 1. The van der Waals surface area contributed by atoms with E-state index in [9.17, 15) is 9.59 Å². The zero-order chi connectivity index (χ0) is 27.1. The number of nitrogens with zero attached hydrogens (tertiary/aromatic N) is 4. The normalized spacial score (nSPS) is 16.6. The van der Waals surface area contributed by atoms with Crippen molar-refractivity contribution in [2.75, 3.05) is 56.2 Å². The molecule has 0 atom stereocenters. The number of carbonyl (C=O) groups is 1. The molecule has 2 aliphatic rings. The van der Waals surface area contributed by atoms with Crippen molar-refractivity contribution in [3.05, 3.63) is 71.1 Å². The summed E-state index contributed by atoms with van der Waals surface area (Å²) in [6.45, 7) is 5.12. The lowest BCUT2D eigenvalue weighted by molar-refractivity contribution is -0.118. The molecule has 0 radical (unpaired) electrons. The molecule has 0 bridgehead atoms. The van der Waals surface area contributed by atoms with Gasteiger partial charge in [0.15, 0.2) is 0 Å². The van der Waals surface area contributed by atoms with Crippen LogP contribution in [0.15, 0.2) is 65.6 Å². The van der Waals surface area contributed by atoms with Gasteiger partial charge in [0.2, 0.25) is 5.91 Å². The highest BCUT2D eigenvalue weighted by atomic mass is 32.1. The van der Waals surface area contributed by atoms with Gasteiger partial charge in [-0.25, -0.2) is 4.98 Å². The third kappa shape index (κ3) is 4.74. The highest BCUT2D eigenvalue weighted by molar-refractivity contribution is 7.26. The van der Waals surface area contributed by atoms with E-state index in [0.717, 1.165) is 81.8 Å². The van der Waals surface area contributed by atoms with Gasteiger partial charge in [0, 0.05) is 75.4 Å². The summed E-state index contributed by atoms with van der Waals surface area (Å²) in [6, 6.07) is 18.0. The average Bonchev–Trinajstić information content (AvgIpc) is 3.36. The Labute approximate surface area is 235 Å². The van der Waals surface area contributed by atoms with Crippen LogP contribution in [-0.4, -0.2) is 66.1 Å². The van der Waals surface area contributed by atoms with Crippen molar-refractivity contribution in [2.24, 2.45) is 0 Å². The Balaban J connectivity index is 1.27. The molecule has 0 spiro atoms. The number of rotatable bonds is 5. The van der Waals surface area contributed by atoms with Gasteiger partial charge in [-0.05, 0) is 49.6 Å². The first-order valence-corrected chi connectivity index (χ1v) is 14.8. The van der Waals surface area contributed by atoms with E-state index in [-0.39, 0.29) is 11.5 Å². The van der Waals surface area contributed by atoms with E-state index in [1.54, 1.807) is 28.0 Å². The highest BCUT2D eigenvalue weighted by Crippen LogP contribution is 2.41. The second-order valence-electron chi connectivity index (χ2n) is 10.5. The molecule has 2 aromatic carbocycles. The first kappa shape index (κ1) is 25.2. The monoisotopic (exact) mass is 553 g/mol. The minimum absolute atomic E-state index is 0.0155. The van der Waals surface area contributed by atoms with Crippen molar-refractivity contribution in [2.45, 2.75) is 19.3 Å². The molecule has 204 valence electrons. The summed E-state index contributed by atoms with van der Waals surface area (Å²) in [5, 5.41) is 5.31. The number of morpholine rings is 1. The number of carbonyl (C=O) groups excluding carboxylic acids is 1. The Bertz CT molecular complexity index is 1780. The van der Waals surface area contributed by atoms with Crippen LogP contribution in [0.1, 0.15) is 19.3 Å². The van der Waals surface area contributed by atoms with Crippen LogP contribution in [0.4, 0.5) is 11.5 Å². The smallest absolute Gasteiger partial charge is 0.259 e. The number of pyridine rings is 1. The van der Waals surface area contributed by atoms with Gasteiger partial charge in [0.25, 0.3) is 5.56 Å². The van der Waals surface area contributed by atoms with Gasteiger partial charge in [-0.1, -0.05) is 18.2 Å². The predicted molar refractivity (Wildman–Crippen MR) is 162 cm³/mol. The second-order valence-corrected chi connectivity index (χ2v) is 11.6. The number of aromatic nitrogens is 2. The predicted octanol–water partition coefficient (Wildman–Crippen LogP) is 4.99. The molecule has 1 amide bonds. The molecule has 7 rings (SSSR count). The van der Waals surface area contributed by atoms with E-state index < -0.39 is 0 Å². The summed E-state index contributed by atoms with van der Waals surface area (Å²) >= 11 is 1.72. The quantitative estimate of drug-likeness (QED) is 0.330. The fourth-order valence-corrected chi connectivity index (χ4v) is 7.07. The standard InChI is InChI=1S/C31H31N5O3S/c37-28(20-34-14-16-39-17-15-34)32-21-9-10-26-25(18-21)23-7-4-6-22(30(23)40-26)24-8-5-13-36-29(38)19-27(33-31(24)36)35-11-2-1-3-12-35/h4-10,13,18-19H,1-3,11-12,14-17,20H2,(H,32,37). The molecule has 2 fully saturated rings. The molecule has 1 N–H and O–H groups in total. The van der Waals surface area contributed by atoms with Crippen LogP contribution >= 0.6 is 11.3 Å². The van der Waals surface area contributed by atoms with Crippen LogP contribution in [0.3, 0.4) is 0 Å². The Morgan fingerprint density at radius 3 is 2.60 bits per heavy atom. The summed E-state index contributed by atoms with van der Waals surface area (Å²) in [6.07, 6.45) is 5.27. The van der Waals surface area contributed by atoms with Crippen molar-refractivity contribution in [1.82, 2.24) is 14.3 Å². The first-order valence-electron chi connectivity index (χ1n) is 14.0. The Kier molecular flexibility index (Phi) is 6.71. The number of amides is 1. The van der Waals surface area contributed by atoms with Crippen LogP contribution < -0.4 is 15.8 Å². The molecule has 0 unspecified atom stereocenters. The molecular weight excluding hydrogens is 522 g/mol. The van der Waals surface area contributed by atoms with E-state index in [1.807, 2.05) is 12.1 Å². The molecule has 3 aromatic heterocycles. The molecule has 2 saturated heterocycles. The molecule has 5 heterocycles. The van der Waals surface area contributed by atoms with Gasteiger partial charge in [0.05, 0.1) is 19.8 Å². The largest absolute Gasteiger partial charge is 0.379 e. The van der Waals surface area contributed by atoms with Crippen LogP contribution in [0, 0.1) is 0 Å². The maximum atomic E-state index is 13.1. The van der Waals surface area contributed by atoms with E-state index >= 15 is 0 Å². The minimum atomic E-state index is -0.0617. The number of hydrogen-bond donors (Lipinski definition) is 1. The van der Waals surface area contributed by atoms with Crippen molar-refractivity contribution >= 4 is 54.6 Å². The Morgan fingerprint density at radius 2 is 1.75 bits per heavy atom. The number of fused-ring (bicyclic) bond motifs is 4. The summed E-state index contributed by atoms with van der Waals surface area (Å²) in [7, 11) is 0. The van der Waals surface area contributed by atoms with Crippen LogP contribution in [0.2, 0.25) is 0 Å². The van der Waals surface area contributed by atoms with Crippen LogP contribution in [-0.2, 0) is 9.53 Å². The molecule has 0 saturated carbocycles. The Morgan fingerprint density at radius 1 is 0.925 bits per heavy atom. The van der Waals surface area contributed by atoms with E-state index in [1.165, 1.54) is 6.42 Å². The van der Waals surface area contributed by atoms with Gasteiger partial charge in [-0.3, -0.25) is 18.9 Å². The molecule has 5 aromatic rings. The molecule has 8 nitrogen and oxygen atoms in total. The number of hydrogen-bond acceptors (Lipinski definition) is 7. The topological polar surface area (TPSA) is 79.2 Å². The van der Waals surface area contributed by atoms with Crippen molar-refractivity contribution in [1.29, 1.82) is 0 Å². The number of ether oxygens (including phenoxy) is 1. The summed E-state index contributed by atoms with van der Waals surface area (Å²) in [5.74, 6) is 0.747. The maximum absolute atomic E-state index is 13.1. The minimum Gasteiger partial charge on any atom is -0.379 e. The summed E-state index contributed by atoms with van der Waals surface area (Å²) < 4.78 is 9.32. The molecule has 40 heavy (non-hydrogen) atoms. The lowest BCUT2D eigenvalue weighted by Gasteiger charge is -2.27. The van der Waals surface area contributed by atoms with E-state index in [2.05, 4.69) is 51.5 Å². The molecular formula is C31H31N5O3S. The van der Waals surface area contributed by atoms with Crippen LogP contribution in [0.5, 0.6) is 0 Å². The van der Waals surface area contributed by atoms with E-state index in [4.69, 9.17) is 9.72 Å². The van der Waals surface area contributed by atoms with Gasteiger partial charge < -0.3 is 15.0 Å². The zero-order valence-electron chi connectivity index (χ0n) is 22.3. The lowest BCUT2D eigenvalue weighted by Crippen LogP contribution is -2.41. The number of benzene rings is 2. The number of nitrogens with one attached hydrogen (secondary N) is 1. The first-order chi connectivity index (χ1) is 19.6. The van der Waals surface area contributed by atoms with Gasteiger partial charge in [0.1, 0.15) is 11.5 Å². The Hall–Kier alpha value is -3.79. The number of anilines is 2. The molecule has 2 aliphatic heterocycles. The van der Waals surface area contributed by atoms with Gasteiger partial charge in [-0.2, -0.15) is 0 Å². The van der Waals surface area contributed by atoms with Crippen LogP contribution in [0.25, 0.3) is 36.9 Å². The second kappa shape index (κ2) is 10.6. The fourth-order valence-electron chi connectivity index (χ4n) is 5.86. The summed E-state index contributed by atoms with van der Waals surface area (Å²) in [5.41, 5.74) is 3.40. The SMILES string of the molecule is O=C(CN1CCOCC1)Nc1ccc2sc3c(-c4cccn5c(=O)cc(N6CCCCC6)nc45)cccc3c2c1. The maximum Gasteiger partial charge on any atom is 0.259 e. The van der Waals surface area contributed by atoms with Crippen molar-refractivity contribution < 1.29 is 9.53 Å². The lowest BCUT2D eigenvalue weighted by atomic mass is 10.0. The fraction of sp³-hybridized carbons (Fsp3) is 0.323. The third-order valence-electron chi connectivity index (χ3n) is 7.90. The molecule has 0 aliphatic carbocycles. The summed E-state index contributed by atoms with van der Waals surface area (Å²) in [4.78, 5) is 35.2. The van der Waals surface area contributed by atoms with Gasteiger partial charge in [-0.15, -0.1) is 11.3 Å². The average molecular weight is 554 g/mol. The van der Waals surface area contributed by atoms with Crippen molar-refractivity contribution in [3.63, 3.8) is 0 Å². The highest BCUT2D eigenvalue weighted by Gasteiger charge is 2.19. The van der Waals surface area contributed by atoms with Gasteiger partial charge >= 0.3 is 0 Å². The zero-order valence-corrected chi connectivity index (χ0v) is 23.1. The third-order valence-corrected chi connectivity index (χ3v) is 9.12.